The van der Waals surface area contributed by atoms with E-state index >= 15 is 0 Å². The van der Waals surface area contributed by atoms with Gasteiger partial charge in [-0.2, -0.15) is 9.37 Å². The highest BCUT2D eigenvalue weighted by molar-refractivity contribution is 5.89. The number of benzene rings is 1. The van der Waals surface area contributed by atoms with Gasteiger partial charge < -0.3 is 9.47 Å². The van der Waals surface area contributed by atoms with Crippen LogP contribution in [0, 0.1) is 5.95 Å². The summed E-state index contributed by atoms with van der Waals surface area (Å²) in [6.07, 6.45) is -0.165. The van der Waals surface area contributed by atoms with E-state index in [1.54, 1.807) is 24.3 Å². The summed E-state index contributed by atoms with van der Waals surface area (Å²) in [5.74, 6) is -1.06. The second kappa shape index (κ2) is 6.55. The molecule has 122 valence electrons. The quantitative estimate of drug-likeness (QED) is 0.281. The van der Waals surface area contributed by atoms with E-state index in [9.17, 15) is 9.18 Å². The molecular formula is C16H13FN4O3. The standard InChI is InChI=1S/C16H13FN4O3/c1-23-16(22)10-4-2-3-9(7-10)13-8-12(20-21-18)11-5-6-14(17)19-15(11)24-13/h2-7,12-13H,8H2,1H3/t12-,13-/m1/s1. The fourth-order valence-corrected chi connectivity index (χ4v) is 2.65. The van der Waals surface area contributed by atoms with E-state index < -0.39 is 24.1 Å². The molecule has 8 heteroatoms. The third-order valence-electron chi connectivity index (χ3n) is 3.78. The number of azide groups is 1. The predicted molar refractivity (Wildman–Crippen MR) is 81.8 cm³/mol. The van der Waals surface area contributed by atoms with Crippen LogP contribution < -0.4 is 4.74 Å². The molecule has 7 nitrogen and oxygen atoms in total. The van der Waals surface area contributed by atoms with Crippen LogP contribution in [-0.4, -0.2) is 18.1 Å². The average molecular weight is 328 g/mol. The maximum absolute atomic E-state index is 13.4. The third-order valence-corrected chi connectivity index (χ3v) is 3.78. The number of methoxy groups -OCH3 is 1. The summed E-state index contributed by atoms with van der Waals surface area (Å²) in [7, 11) is 1.30. The van der Waals surface area contributed by atoms with Gasteiger partial charge in [0, 0.05) is 16.9 Å². The predicted octanol–water partition coefficient (Wildman–Crippen LogP) is 3.88. The van der Waals surface area contributed by atoms with Crippen molar-refractivity contribution in [2.45, 2.75) is 18.6 Å². The fraction of sp³-hybridized carbons (Fsp3) is 0.250. The Labute approximate surface area is 136 Å². The van der Waals surface area contributed by atoms with E-state index in [2.05, 4.69) is 15.0 Å². The lowest BCUT2D eigenvalue weighted by molar-refractivity contribution is 0.0600. The molecule has 2 atom stereocenters. The second-order valence-electron chi connectivity index (χ2n) is 5.21. The van der Waals surface area contributed by atoms with E-state index in [0.29, 0.717) is 23.1 Å². The number of halogens is 1. The van der Waals surface area contributed by atoms with Crippen molar-refractivity contribution in [2.75, 3.05) is 7.11 Å². The molecule has 2 heterocycles. The number of rotatable bonds is 3. The van der Waals surface area contributed by atoms with Crippen LogP contribution in [0.15, 0.2) is 41.5 Å². The summed E-state index contributed by atoms with van der Waals surface area (Å²) in [5.41, 5.74) is 10.4. The number of esters is 1. The van der Waals surface area contributed by atoms with E-state index in [0.717, 1.165) is 0 Å². The molecule has 1 aromatic heterocycles. The molecule has 0 saturated heterocycles. The molecule has 0 fully saturated rings. The van der Waals surface area contributed by atoms with Crippen LogP contribution in [0.1, 0.15) is 40.1 Å². The third kappa shape index (κ3) is 3.00. The first-order valence-electron chi connectivity index (χ1n) is 7.18. The molecule has 0 unspecified atom stereocenters. The lowest BCUT2D eigenvalue weighted by Gasteiger charge is -2.29. The number of carbonyl (C=O) groups excluding carboxylic acids is 1. The average Bonchev–Trinajstić information content (AvgIpc) is 2.61. The first kappa shape index (κ1) is 15.8. The van der Waals surface area contributed by atoms with Gasteiger partial charge in [0.25, 0.3) is 0 Å². The van der Waals surface area contributed by atoms with Crippen LogP contribution in [0.2, 0.25) is 0 Å². The van der Waals surface area contributed by atoms with Gasteiger partial charge in [-0.3, -0.25) is 0 Å². The zero-order valence-electron chi connectivity index (χ0n) is 12.7. The summed E-state index contributed by atoms with van der Waals surface area (Å²) in [4.78, 5) is 18.2. The van der Waals surface area contributed by atoms with Crippen LogP contribution in [0.5, 0.6) is 5.88 Å². The number of hydrogen-bond donors (Lipinski definition) is 0. The van der Waals surface area contributed by atoms with E-state index in [4.69, 9.17) is 15.0 Å². The minimum absolute atomic E-state index is 0.0899. The maximum Gasteiger partial charge on any atom is 0.337 e. The van der Waals surface area contributed by atoms with Gasteiger partial charge in [-0.05, 0) is 35.4 Å². The first-order valence-corrected chi connectivity index (χ1v) is 7.18. The van der Waals surface area contributed by atoms with Crippen molar-refractivity contribution in [1.82, 2.24) is 4.98 Å². The number of ether oxygens (including phenoxy) is 2. The number of fused-ring (bicyclic) bond motifs is 1. The molecule has 0 N–H and O–H groups in total. The summed E-state index contributed by atoms with van der Waals surface area (Å²) < 4.78 is 23.9. The van der Waals surface area contributed by atoms with Crippen LogP contribution in [-0.2, 0) is 4.74 Å². The minimum Gasteiger partial charge on any atom is -0.469 e. The Hall–Kier alpha value is -3.12. The molecular weight excluding hydrogens is 315 g/mol. The molecule has 3 rings (SSSR count). The number of carbonyl (C=O) groups is 1. The second-order valence-corrected chi connectivity index (χ2v) is 5.21. The molecule has 1 aromatic carbocycles. The monoisotopic (exact) mass is 328 g/mol. The van der Waals surface area contributed by atoms with Gasteiger partial charge in [-0.25, -0.2) is 4.79 Å². The van der Waals surface area contributed by atoms with Crippen LogP contribution in [0.3, 0.4) is 0 Å². The molecule has 24 heavy (non-hydrogen) atoms. The van der Waals surface area contributed by atoms with Gasteiger partial charge in [-0.1, -0.05) is 17.2 Å². The normalized spacial score (nSPS) is 18.8. The van der Waals surface area contributed by atoms with Gasteiger partial charge in [0.05, 0.1) is 18.7 Å². The van der Waals surface area contributed by atoms with Gasteiger partial charge in [0.2, 0.25) is 11.8 Å². The first-order chi connectivity index (χ1) is 11.6. The van der Waals surface area contributed by atoms with Crippen molar-refractivity contribution < 1.29 is 18.7 Å². The molecule has 0 bridgehead atoms. The Morgan fingerprint density at radius 2 is 2.29 bits per heavy atom. The minimum atomic E-state index is -0.683. The molecule has 1 aliphatic rings. The Bertz CT molecular complexity index is 836. The fourth-order valence-electron chi connectivity index (χ4n) is 2.65. The zero-order chi connectivity index (χ0) is 17.1. The van der Waals surface area contributed by atoms with Crippen molar-refractivity contribution in [3.05, 3.63) is 69.5 Å². The van der Waals surface area contributed by atoms with E-state index in [-0.39, 0.29) is 5.88 Å². The number of nitrogens with zero attached hydrogens (tertiary/aromatic N) is 4. The summed E-state index contributed by atoms with van der Waals surface area (Å²) in [6.45, 7) is 0. The summed E-state index contributed by atoms with van der Waals surface area (Å²) >= 11 is 0. The number of aromatic nitrogens is 1. The Morgan fingerprint density at radius 1 is 1.46 bits per heavy atom. The zero-order valence-corrected chi connectivity index (χ0v) is 12.7. The van der Waals surface area contributed by atoms with Gasteiger partial charge in [-0.15, -0.1) is 0 Å². The number of hydrogen-bond acceptors (Lipinski definition) is 5. The van der Waals surface area contributed by atoms with Gasteiger partial charge in [0.15, 0.2) is 0 Å². The SMILES string of the molecule is COC(=O)c1cccc([C@H]2C[C@@H](N=[N+]=[N-])c3ccc(F)nc3O2)c1. The van der Waals surface area contributed by atoms with Crippen LogP contribution in [0.4, 0.5) is 4.39 Å². The molecule has 0 spiro atoms. The van der Waals surface area contributed by atoms with Crippen molar-refractivity contribution >= 4 is 5.97 Å². The lowest BCUT2D eigenvalue weighted by atomic mass is 9.94. The largest absolute Gasteiger partial charge is 0.469 e. The Morgan fingerprint density at radius 3 is 3.04 bits per heavy atom. The Balaban J connectivity index is 1.98. The summed E-state index contributed by atoms with van der Waals surface area (Å²) in [6, 6.07) is 8.89. The molecule has 0 radical (unpaired) electrons. The number of pyridine rings is 1. The van der Waals surface area contributed by atoms with Crippen LogP contribution >= 0.6 is 0 Å². The Kier molecular flexibility index (Phi) is 4.31. The maximum atomic E-state index is 13.4. The van der Waals surface area contributed by atoms with Crippen LogP contribution in [0.25, 0.3) is 10.4 Å². The molecule has 0 amide bonds. The molecule has 2 aromatic rings. The highest BCUT2D eigenvalue weighted by Crippen LogP contribution is 2.41. The van der Waals surface area contributed by atoms with Crippen molar-refractivity contribution in [3.63, 3.8) is 0 Å². The summed E-state index contributed by atoms with van der Waals surface area (Å²) in [5, 5.41) is 3.75. The molecule has 1 aliphatic heterocycles. The van der Waals surface area contributed by atoms with Crippen molar-refractivity contribution in [3.8, 4) is 5.88 Å². The lowest BCUT2D eigenvalue weighted by Crippen LogP contribution is -2.20. The van der Waals surface area contributed by atoms with E-state index in [1.807, 2.05) is 0 Å². The highest BCUT2D eigenvalue weighted by Gasteiger charge is 2.30. The topological polar surface area (TPSA) is 97.2 Å². The smallest absolute Gasteiger partial charge is 0.337 e. The van der Waals surface area contributed by atoms with Crippen molar-refractivity contribution in [1.29, 1.82) is 0 Å². The molecule has 0 aliphatic carbocycles. The van der Waals surface area contributed by atoms with Gasteiger partial charge in [0.1, 0.15) is 6.10 Å². The highest BCUT2D eigenvalue weighted by atomic mass is 19.1. The van der Waals surface area contributed by atoms with Gasteiger partial charge >= 0.3 is 5.97 Å². The molecule has 0 saturated carbocycles. The van der Waals surface area contributed by atoms with Crippen molar-refractivity contribution in [2.24, 2.45) is 5.11 Å². The van der Waals surface area contributed by atoms with E-state index in [1.165, 1.54) is 19.2 Å².